The van der Waals surface area contributed by atoms with Gasteiger partial charge in [-0.15, -0.1) is 0 Å². The number of benzene rings is 2. The van der Waals surface area contributed by atoms with E-state index in [2.05, 4.69) is 15.6 Å². The number of nitrogens with zero attached hydrogens (tertiary/aromatic N) is 4. The van der Waals surface area contributed by atoms with Gasteiger partial charge in [-0.1, -0.05) is 23.7 Å². The highest BCUT2D eigenvalue weighted by molar-refractivity contribution is 6.30. The maximum Gasteiger partial charge on any atom is 0.335 e. The summed E-state index contributed by atoms with van der Waals surface area (Å²) >= 11 is 5.87. The monoisotopic (exact) mass is 435 g/mol. The Kier molecular flexibility index (Phi) is 6.23. The van der Waals surface area contributed by atoms with E-state index in [0.717, 1.165) is 4.68 Å². The molecule has 0 atom stereocenters. The zero-order valence-corrected chi connectivity index (χ0v) is 16.8. The molecule has 3 rings (SSSR count). The third-order valence-corrected chi connectivity index (χ3v) is 4.52. The van der Waals surface area contributed by atoms with Gasteiger partial charge in [0.1, 0.15) is 11.6 Å². The molecule has 0 spiro atoms. The molecule has 0 aliphatic carbocycles. The van der Waals surface area contributed by atoms with Crippen LogP contribution < -0.4 is 11.0 Å². The van der Waals surface area contributed by atoms with Gasteiger partial charge in [0.25, 0.3) is 11.5 Å². The molecule has 1 aromatic heterocycles. The Labute approximate surface area is 180 Å². The van der Waals surface area contributed by atoms with Crippen LogP contribution in [0.2, 0.25) is 5.02 Å². The van der Waals surface area contributed by atoms with Crippen molar-refractivity contribution in [2.24, 2.45) is 5.10 Å². The number of carboxylic acid groups (broad SMARTS) is 1. The van der Waals surface area contributed by atoms with Gasteiger partial charge in [-0.05, 0) is 48.9 Å². The van der Waals surface area contributed by atoms with Crippen LogP contribution in [0, 0.1) is 18.3 Å². The summed E-state index contributed by atoms with van der Waals surface area (Å²) in [5.41, 5.74) is 2.39. The van der Waals surface area contributed by atoms with Crippen molar-refractivity contribution in [3.8, 4) is 11.8 Å². The third kappa shape index (κ3) is 4.66. The predicted octanol–water partition coefficient (Wildman–Crippen LogP) is 2.53. The Balaban J connectivity index is 1.90. The van der Waals surface area contributed by atoms with E-state index in [-0.39, 0.29) is 22.4 Å². The minimum absolute atomic E-state index is 0.120. The Hall–Kier alpha value is -4.29. The summed E-state index contributed by atoms with van der Waals surface area (Å²) in [6.45, 7) is 1.45. The Morgan fingerprint density at radius 1 is 1.19 bits per heavy atom. The number of aromatic nitrogens is 2. The number of nitriles is 1. The van der Waals surface area contributed by atoms with Gasteiger partial charge in [-0.25, -0.2) is 10.2 Å². The molecule has 3 aromatic rings. The second kappa shape index (κ2) is 9.02. The van der Waals surface area contributed by atoms with E-state index < -0.39 is 17.4 Å². The van der Waals surface area contributed by atoms with Gasteiger partial charge in [-0.3, -0.25) is 9.59 Å². The number of hydrazone groups is 1. The SMILES string of the molecule is Cc1c(C(=O)N/N=C/c2ccc(C(=O)O)cc2)nn(-c2ccc(Cl)cc2)c(=O)c1C#N. The number of carbonyl (C=O) groups is 2. The van der Waals surface area contributed by atoms with Crippen molar-refractivity contribution in [3.63, 3.8) is 0 Å². The van der Waals surface area contributed by atoms with Gasteiger partial charge in [0.2, 0.25) is 0 Å². The molecular weight excluding hydrogens is 422 g/mol. The highest BCUT2D eigenvalue weighted by atomic mass is 35.5. The lowest BCUT2D eigenvalue weighted by molar-refractivity contribution is 0.0696. The molecule has 1 amide bonds. The zero-order valence-electron chi connectivity index (χ0n) is 16.0. The quantitative estimate of drug-likeness (QED) is 0.466. The van der Waals surface area contributed by atoms with Crippen molar-refractivity contribution in [3.05, 3.63) is 91.9 Å². The van der Waals surface area contributed by atoms with Crippen LogP contribution in [0.4, 0.5) is 0 Å². The van der Waals surface area contributed by atoms with Crippen molar-refractivity contribution in [2.45, 2.75) is 6.92 Å². The second-order valence-corrected chi connectivity index (χ2v) is 6.72. The van der Waals surface area contributed by atoms with Gasteiger partial charge in [0.05, 0.1) is 17.5 Å². The van der Waals surface area contributed by atoms with Crippen molar-refractivity contribution < 1.29 is 14.7 Å². The van der Waals surface area contributed by atoms with Gasteiger partial charge in [0.15, 0.2) is 5.69 Å². The van der Waals surface area contributed by atoms with E-state index in [0.29, 0.717) is 16.3 Å². The summed E-state index contributed by atoms with van der Waals surface area (Å²) < 4.78 is 0.950. The van der Waals surface area contributed by atoms with Crippen LogP contribution in [-0.4, -0.2) is 33.0 Å². The predicted molar refractivity (Wildman–Crippen MR) is 113 cm³/mol. The summed E-state index contributed by atoms with van der Waals surface area (Å²) in [7, 11) is 0. The van der Waals surface area contributed by atoms with E-state index in [1.807, 2.05) is 6.07 Å². The fourth-order valence-corrected chi connectivity index (χ4v) is 2.77. The summed E-state index contributed by atoms with van der Waals surface area (Å²) in [6, 6.07) is 13.8. The summed E-state index contributed by atoms with van der Waals surface area (Å²) in [4.78, 5) is 36.1. The number of amides is 1. The van der Waals surface area contributed by atoms with E-state index in [4.69, 9.17) is 16.7 Å². The molecule has 2 N–H and O–H groups in total. The lowest BCUT2D eigenvalue weighted by atomic mass is 10.1. The van der Waals surface area contributed by atoms with Crippen LogP contribution in [0.3, 0.4) is 0 Å². The molecule has 1 heterocycles. The molecule has 10 heteroatoms. The molecule has 0 saturated heterocycles. The van der Waals surface area contributed by atoms with Gasteiger partial charge in [-0.2, -0.15) is 20.1 Å². The Morgan fingerprint density at radius 3 is 2.42 bits per heavy atom. The second-order valence-electron chi connectivity index (χ2n) is 6.28. The van der Waals surface area contributed by atoms with Crippen molar-refractivity contribution >= 4 is 29.7 Å². The van der Waals surface area contributed by atoms with Crippen LogP contribution in [0.1, 0.15) is 37.5 Å². The summed E-state index contributed by atoms with van der Waals surface area (Å²) in [5.74, 6) is -1.78. The van der Waals surface area contributed by atoms with Crippen molar-refractivity contribution in [1.82, 2.24) is 15.2 Å². The molecule has 2 aromatic carbocycles. The van der Waals surface area contributed by atoms with Crippen molar-refractivity contribution in [1.29, 1.82) is 5.26 Å². The lowest BCUT2D eigenvalue weighted by Gasteiger charge is -2.10. The average Bonchev–Trinajstić information content (AvgIpc) is 2.75. The van der Waals surface area contributed by atoms with Crippen LogP contribution in [0.15, 0.2) is 58.4 Å². The fourth-order valence-electron chi connectivity index (χ4n) is 2.64. The molecule has 0 aliphatic heterocycles. The van der Waals surface area contributed by atoms with Crippen molar-refractivity contribution in [2.75, 3.05) is 0 Å². The summed E-state index contributed by atoms with van der Waals surface area (Å²) in [5, 5.41) is 26.7. The van der Waals surface area contributed by atoms with Gasteiger partial charge in [0, 0.05) is 10.6 Å². The van der Waals surface area contributed by atoms with Crippen LogP contribution in [0.25, 0.3) is 5.69 Å². The van der Waals surface area contributed by atoms with E-state index in [1.165, 1.54) is 49.5 Å². The van der Waals surface area contributed by atoms with Gasteiger partial charge >= 0.3 is 5.97 Å². The molecule has 0 radical (unpaired) electrons. The first-order chi connectivity index (χ1) is 14.8. The highest BCUT2D eigenvalue weighted by Gasteiger charge is 2.20. The molecule has 9 nitrogen and oxygen atoms in total. The smallest absolute Gasteiger partial charge is 0.335 e. The van der Waals surface area contributed by atoms with E-state index >= 15 is 0 Å². The zero-order chi connectivity index (χ0) is 22.5. The number of rotatable bonds is 5. The third-order valence-electron chi connectivity index (χ3n) is 4.27. The number of aromatic carboxylic acids is 1. The first-order valence-corrected chi connectivity index (χ1v) is 9.16. The van der Waals surface area contributed by atoms with E-state index in [9.17, 15) is 19.6 Å². The van der Waals surface area contributed by atoms with Crippen LogP contribution in [-0.2, 0) is 0 Å². The molecular formula is C21H14ClN5O4. The minimum atomic E-state index is -1.05. The maximum atomic E-state index is 12.6. The lowest BCUT2D eigenvalue weighted by Crippen LogP contribution is -2.31. The molecule has 0 bridgehead atoms. The average molecular weight is 436 g/mol. The maximum absolute atomic E-state index is 12.6. The molecule has 0 aliphatic rings. The Bertz CT molecular complexity index is 1290. The number of hydrogen-bond acceptors (Lipinski definition) is 6. The first kappa shape index (κ1) is 21.4. The van der Waals surface area contributed by atoms with Gasteiger partial charge < -0.3 is 5.11 Å². The fraction of sp³-hybridized carbons (Fsp3) is 0.0476. The number of halogens is 1. The number of hydrogen-bond donors (Lipinski definition) is 2. The number of nitrogens with one attached hydrogen (secondary N) is 1. The standard InChI is InChI=1S/C21H14ClN5O4/c1-12-17(10-23)20(29)27(16-8-6-15(22)7-9-16)26-18(12)19(28)25-24-11-13-2-4-14(5-3-13)21(30)31/h2-9,11H,1H3,(H,25,28)(H,30,31)/b24-11+. The molecule has 0 fully saturated rings. The molecule has 154 valence electrons. The largest absolute Gasteiger partial charge is 0.478 e. The Morgan fingerprint density at radius 2 is 1.84 bits per heavy atom. The molecule has 31 heavy (non-hydrogen) atoms. The molecule has 0 saturated carbocycles. The first-order valence-electron chi connectivity index (χ1n) is 8.78. The topological polar surface area (TPSA) is 137 Å². The number of carboxylic acids is 1. The minimum Gasteiger partial charge on any atom is -0.478 e. The number of carbonyl (C=O) groups excluding carboxylic acids is 1. The normalized spacial score (nSPS) is 10.6. The molecule has 0 unspecified atom stereocenters. The summed E-state index contributed by atoms with van der Waals surface area (Å²) in [6.07, 6.45) is 1.32. The highest BCUT2D eigenvalue weighted by Crippen LogP contribution is 2.14. The van der Waals surface area contributed by atoms with Crippen LogP contribution in [0.5, 0.6) is 0 Å². The van der Waals surface area contributed by atoms with E-state index in [1.54, 1.807) is 12.1 Å². The van der Waals surface area contributed by atoms with Crippen LogP contribution >= 0.6 is 11.6 Å².